The van der Waals surface area contributed by atoms with E-state index in [0.717, 1.165) is 5.75 Å². The first-order valence-corrected chi connectivity index (χ1v) is 5.13. The van der Waals surface area contributed by atoms with E-state index in [-0.39, 0.29) is 17.9 Å². The highest BCUT2D eigenvalue weighted by molar-refractivity contribution is 5.81. The summed E-state index contributed by atoms with van der Waals surface area (Å²) < 4.78 is 5.38. The zero-order chi connectivity index (χ0) is 12.2. The number of oxime groups is 1. The molecular formula is C12H18N2O2. The van der Waals surface area contributed by atoms with Gasteiger partial charge in [0.2, 0.25) is 0 Å². The van der Waals surface area contributed by atoms with Crippen LogP contribution in [0.5, 0.6) is 5.75 Å². The van der Waals surface area contributed by atoms with E-state index >= 15 is 0 Å². The Morgan fingerprint density at radius 2 is 2.12 bits per heavy atom. The second kappa shape index (κ2) is 4.88. The topological polar surface area (TPSA) is 67.8 Å². The minimum atomic E-state index is 0.0566. The van der Waals surface area contributed by atoms with Gasteiger partial charge in [-0.2, -0.15) is 0 Å². The van der Waals surface area contributed by atoms with E-state index in [2.05, 4.69) is 32.0 Å². The first kappa shape index (κ1) is 12.4. The van der Waals surface area contributed by atoms with Crippen molar-refractivity contribution in [3.63, 3.8) is 0 Å². The third-order valence-electron chi connectivity index (χ3n) is 2.22. The number of hydrogen-bond acceptors (Lipinski definition) is 3. The van der Waals surface area contributed by atoms with Crippen LogP contribution in [0.3, 0.4) is 0 Å². The van der Waals surface area contributed by atoms with Gasteiger partial charge < -0.3 is 15.7 Å². The third kappa shape index (κ3) is 3.46. The molecule has 0 fully saturated rings. The first-order chi connectivity index (χ1) is 7.43. The van der Waals surface area contributed by atoms with Gasteiger partial charge in [-0.05, 0) is 23.1 Å². The Balaban J connectivity index is 2.76. The molecule has 0 aliphatic heterocycles. The quantitative estimate of drug-likeness (QED) is 0.356. The van der Waals surface area contributed by atoms with Crippen molar-refractivity contribution in [3.05, 3.63) is 29.8 Å². The summed E-state index contributed by atoms with van der Waals surface area (Å²) >= 11 is 0. The number of nitrogens with zero attached hydrogens (tertiary/aromatic N) is 1. The molecule has 0 saturated heterocycles. The fourth-order valence-electron chi connectivity index (χ4n) is 1.24. The van der Waals surface area contributed by atoms with Crippen LogP contribution in [0.4, 0.5) is 0 Å². The molecule has 0 aliphatic rings. The van der Waals surface area contributed by atoms with Gasteiger partial charge in [-0.15, -0.1) is 0 Å². The Morgan fingerprint density at radius 1 is 1.44 bits per heavy atom. The Morgan fingerprint density at radius 3 is 2.69 bits per heavy atom. The molecule has 4 nitrogen and oxygen atoms in total. The Labute approximate surface area is 95.7 Å². The summed E-state index contributed by atoms with van der Waals surface area (Å²) in [5.41, 5.74) is 6.58. The molecule has 0 amide bonds. The Hall–Kier alpha value is -1.71. The van der Waals surface area contributed by atoms with Gasteiger partial charge in [0.1, 0.15) is 12.4 Å². The van der Waals surface area contributed by atoms with Crippen molar-refractivity contribution in [3.8, 4) is 5.75 Å². The molecule has 88 valence electrons. The minimum absolute atomic E-state index is 0.0566. The van der Waals surface area contributed by atoms with E-state index in [4.69, 9.17) is 15.7 Å². The van der Waals surface area contributed by atoms with Crippen LogP contribution < -0.4 is 10.5 Å². The molecule has 0 aromatic heterocycles. The average molecular weight is 222 g/mol. The fourth-order valence-corrected chi connectivity index (χ4v) is 1.24. The number of ether oxygens (including phenoxy) is 1. The average Bonchev–Trinajstić information content (AvgIpc) is 2.25. The Bertz CT molecular complexity index is 381. The SMILES string of the molecule is CC(C)(C)c1cccc(OC/C(N)=N/O)c1. The van der Waals surface area contributed by atoms with Gasteiger partial charge in [0.15, 0.2) is 5.84 Å². The second-order valence-electron chi connectivity index (χ2n) is 4.66. The lowest BCUT2D eigenvalue weighted by Crippen LogP contribution is -2.21. The van der Waals surface area contributed by atoms with Gasteiger partial charge in [-0.25, -0.2) is 0 Å². The number of nitrogens with two attached hydrogens (primary N) is 1. The lowest BCUT2D eigenvalue weighted by atomic mass is 9.87. The lowest BCUT2D eigenvalue weighted by molar-refractivity contribution is 0.306. The van der Waals surface area contributed by atoms with E-state index in [1.54, 1.807) is 0 Å². The van der Waals surface area contributed by atoms with Crippen molar-refractivity contribution < 1.29 is 9.94 Å². The molecule has 0 bridgehead atoms. The van der Waals surface area contributed by atoms with E-state index in [9.17, 15) is 0 Å². The second-order valence-corrected chi connectivity index (χ2v) is 4.66. The molecular weight excluding hydrogens is 204 g/mol. The number of benzene rings is 1. The number of hydrogen-bond donors (Lipinski definition) is 2. The maximum absolute atomic E-state index is 8.38. The van der Waals surface area contributed by atoms with Gasteiger partial charge in [0, 0.05) is 0 Å². The van der Waals surface area contributed by atoms with Crippen LogP contribution in [-0.4, -0.2) is 17.6 Å². The highest BCUT2D eigenvalue weighted by Crippen LogP contribution is 2.25. The highest BCUT2D eigenvalue weighted by Gasteiger charge is 2.13. The Kier molecular flexibility index (Phi) is 3.77. The molecule has 0 unspecified atom stereocenters. The molecule has 0 spiro atoms. The predicted octanol–water partition coefficient (Wildman–Crippen LogP) is 2.11. The highest BCUT2D eigenvalue weighted by atomic mass is 16.5. The standard InChI is InChI=1S/C12H18N2O2/c1-12(2,3)9-5-4-6-10(7-9)16-8-11(13)14-15/h4-7,15H,8H2,1-3H3,(H2,13,14). The molecule has 4 heteroatoms. The summed E-state index contributed by atoms with van der Waals surface area (Å²) in [6, 6.07) is 7.79. The van der Waals surface area contributed by atoms with Crippen LogP contribution >= 0.6 is 0 Å². The predicted molar refractivity (Wildman–Crippen MR) is 64.0 cm³/mol. The van der Waals surface area contributed by atoms with Gasteiger partial charge >= 0.3 is 0 Å². The normalized spacial score (nSPS) is 12.6. The van der Waals surface area contributed by atoms with Crippen molar-refractivity contribution in [1.29, 1.82) is 0 Å². The summed E-state index contributed by atoms with van der Waals surface area (Å²) in [5, 5.41) is 11.2. The molecule has 0 aliphatic carbocycles. The summed E-state index contributed by atoms with van der Waals surface area (Å²) in [7, 11) is 0. The van der Waals surface area contributed by atoms with Gasteiger partial charge in [0.05, 0.1) is 0 Å². The van der Waals surface area contributed by atoms with E-state index in [0.29, 0.717) is 0 Å². The van der Waals surface area contributed by atoms with Gasteiger partial charge in [0.25, 0.3) is 0 Å². The van der Waals surface area contributed by atoms with Crippen LogP contribution in [-0.2, 0) is 5.41 Å². The molecule has 16 heavy (non-hydrogen) atoms. The summed E-state index contributed by atoms with van der Waals surface area (Å²) in [5.74, 6) is 0.778. The number of amidine groups is 1. The maximum atomic E-state index is 8.38. The summed E-state index contributed by atoms with van der Waals surface area (Å²) in [4.78, 5) is 0. The maximum Gasteiger partial charge on any atom is 0.177 e. The molecule has 0 atom stereocenters. The molecule has 0 radical (unpaired) electrons. The van der Waals surface area contributed by atoms with Crippen LogP contribution in [0.25, 0.3) is 0 Å². The van der Waals surface area contributed by atoms with E-state index in [1.165, 1.54) is 5.56 Å². The number of rotatable bonds is 3. The first-order valence-electron chi connectivity index (χ1n) is 5.13. The molecule has 1 rings (SSSR count). The zero-order valence-corrected chi connectivity index (χ0v) is 9.90. The van der Waals surface area contributed by atoms with Crippen molar-refractivity contribution in [2.45, 2.75) is 26.2 Å². The van der Waals surface area contributed by atoms with Crippen LogP contribution in [0.15, 0.2) is 29.4 Å². The lowest BCUT2D eigenvalue weighted by Gasteiger charge is -2.19. The van der Waals surface area contributed by atoms with Crippen molar-refractivity contribution in [2.24, 2.45) is 10.9 Å². The molecule has 0 heterocycles. The van der Waals surface area contributed by atoms with Crippen molar-refractivity contribution in [1.82, 2.24) is 0 Å². The van der Waals surface area contributed by atoms with Crippen molar-refractivity contribution >= 4 is 5.84 Å². The molecule has 1 aromatic rings. The van der Waals surface area contributed by atoms with Crippen LogP contribution in [0.1, 0.15) is 26.3 Å². The van der Waals surface area contributed by atoms with Gasteiger partial charge in [-0.3, -0.25) is 0 Å². The van der Waals surface area contributed by atoms with Crippen molar-refractivity contribution in [2.75, 3.05) is 6.61 Å². The third-order valence-corrected chi connectivity index (χ3v) is 2.22. The smallest absolute Gasteiger partial charge is 0.177 e. The van der Waals surface area contributed by atoms with Crippen LogP contribution in [0, 0.1) is 0 Å². The monoisotopic (exact) mass is 222 g/mol. The molecule has 1 aromatic carbocycles. The van der Waals surface area contributed by atoms with Gasteiger partial charge in [-0.1, -0.05) is 38.1 Å². The van der Waals surface area contributed by atoms with E-state index < -0.39 is 0 Å². The summed E-state index contributed by atoms with van der Waals surface area (Å²) in [6.07, 6.45) is 0. The van der Waals surface area contributed by atoms with Crippen LogP contribution in [0.2, 0.25) is 0 Å². The zero-order valence-electron chi connectivity index (χ0n) is 9.90. The largest absolute Gasteiger partial charge is 0.486 e. The fraction of sp³-hybridized carbons (Fsp3) is 0.417. The summed E-state index contributed by atoms with van der Waals surface area (Å²) in [6.45, 7) is 6.49. The minimum Gasteiger partial charge on any atom is -0.486 e. The molecule has 0 saturated carbocycles. The van der Waals surface area contributed by atoms with E-state index in [1.807, 2.05) is 18.2 Å². The molecule has 3 N–H and O–H groups in total.